The summed E-state index contributed by atoms with van der Waals surface area (Å²) >= 11 is 1.43. The minimum atomic E-state index is -0.347. The van der Waals surface area contributed by atoms with Crippen LogP contribution >= 0.6 is 11.8 Å². The molecule has 3 aromatic rings. The van der Waals surface area contributed by atoms with Gasteiger partial charge in [0.2, 0.25) is 5.16 Å². The van der Waals surface area contributed by atoms with Gasteiger partial charge in [0.1, 0.15) is 0 Å². The molecular formula is C16H17N5O2S. The summed E-state index contributed by atoms with van der Waals surface area (Å²) in [6, 6.07) is 7.77. The third kappa shape index (κ3) is 3.09. The molecule has 124 valence electrons. The van der Waals surface area contributed by atoms with Gasteiger partial charge in [-0.05, 0) is 35.9 Å². The number of aryl methyl sites for hydroxylation is 2. The molecule has 24 heavy (non-hydrogen) atoms. The fourth-order valence-corrected chi connectivity index (χ4v) is 3.29. The zero-order valence-electron chi connectivity index (χ0n) is 13.7. The first-order chi connectivity index (χ1) is 11.6. The van der Waals surface area contributed by atoms with E-state index >= 15 is 0 Å². The largest absolute Gasteiger partial charge is 0.462 e. The number of nitrogens with zero attached hydrogens (tertiary/aromatic N) is 5. The van der Waals surface area contributed by atoms with E-state index in [0.717, 1.165) is 16.5 Å². The van der Waals surface area contributed by atoms with Gasteiger partial charge >= 0.3 is 5.97 Å². The van der Waals surface area contributed by atoms with Gasteiger partial charge in [0.25, 0.3) is 0 Å². The number of rotatable bonds is 5. The van der Waals surface area contributed by atoms with Crippen LogP contribution in [0, 0.1) is 6.92 Å². The monoisotopic (exact) mass is 343 g/mol. The van der Waals surface area contributed by atoms with Crippen LogP contribution in [0.1, 0.15) is 28.5 Å². The van der Waals surface area contributed by atoms with E-state index in [-0.39, 0.29) is 5.97 Å². The topological polar surface area (TPSA) is 82.8 Å². The maximum atomic E-state index is 12.4. The number of carbonyl (C=O) groups is 1. The van der Waals surface area contributed by atoms with Crippen LogP contribution in [0.2, 0.25) is 0 Å². The molecule has 0 spiro atoms. The maximum absolute atomic E-state index is 12.4. The van der Waals surface area contributed by atoms with Crippen LogP contribution < -0.4 is 0 Å². The van der Waals surface area contributed by atoms with Gasteiger partial charge in [-0.2, -0.15) is 0 Å². The van der Waals surface area contributed by atoms with Crippen molar-refractivity contribution in [2.45, 2.75) is 24.8 Å². The van der Waals surface area contributed by atoms with Gasteiger partial charge in [-0.1, -0.05) is 30.0 Å². The SMILES string of the molecule is CCOC(=O)c1c(CSc2nnnn2C)nc2ccccc2c1C. The Morgan fingerprint density at radius 2 is 2.12 bits per heavy atom. The lowest BCUT2D eigenvalue weighted by atomic mass is 10.0. The lowest BCUT2D eigenvalue weighted by Gasteiger charge is -2.13. The molecule has 0 saturated heterocycles. The molecule has 8 heteroatoms. The molecule has 1 aromatic carbocycles. The van der Waals surface area contributed by atoms with Gasteiger partial charge in [0, 0.05) is 18.2 Å². The lowest BCUT2D eigenvalue weighted by molar-refractivity contribution is 0.0524. The molecule has 0 atom stereocenters. The first-order valence-electron chi connectivity index (χ1n) is 7.52. The number of tetrazole rings is 1. The number of ether oxygens (including phenoxy) is 1. The maximum Gasteiger partial charge on any atom is 0.340 e. The molecule has 2 aromatic heterocycles. The van der Waals surface area contributed by atoms with E-state index < -0.39 is 0 Å². The summed E-state index contributed by atoms with van der Waals surface area (Å²) in [5.74, 6) is 0.133. The van der Waals surface area contributed by atoms with Crippen molar-refractivity contribution < 1.29 is 9.53 Å². The Bertz CT molecular complexity index is 893. The molecule has 0 aliphatic rings. The molecule has 0 amide bonds. The van der Waals surface area contributed by atoms with E-state index in [1.54, 1.807) is 18.7 Å². The molecule has 0 saturated carbocycles. The average molecular weight is 343 g/mol. The summed E-state index contributed by atoms with van der Waals surface area (Å²) < 4.78 is 6.81. The molecule has 0 aliphatic carbocycles. The van der Waals surface area contributed by atoms with Crippen molar-refractivity contribution in [3.05, 3.63) is 41.1 Å². The number of hydrogen-bond acceptors (Lipinski definition) is 7. The number of pyridine rings is 1. The second-order valence-electron chi connectivity index (χ2n) is 5.17. The minimum Gasteiger partial charge on any atom is -0.462 e. The molecule has 0 N–H and O–H groups in total. The fourth-order valence-electron chi connectivity index (χ4n) is 2.50. The summed E-state index contributed by atoms with van der Waals surface area (Å²) in [7, 11) is 1.77. The normalized spacial score (nSPS) is 11.0. The third-order valence-corrected chi connectivity index (χ3v) is 4.65. The lowest BCUT2D eigenvalue weighted by Crippen LogP contribution is -2.12. The quantitative estimate of drug-likeness (QED) is 0.520. The van der Waals surface area contributed by atoms with Gasteiger partial charge < -0.3 is 4.74 Å². The van der Waals surface area contributed by atoms with E-state index in [1.807, 2.05) is 31.2 Å². The van der Waals surface area contributed by atoms with Crippen LogP contribution in [0.15, 0.2) is 29.4 Å². The molecule has 0 bridgehead atoms. The molecular weight excluding hydrogens is 326 g/mol. The number of fused-ring (bicyclic) bond motifs is 1. The van der Waals surface area contributed by atoms with E-state index in [2.05, 4.69) is 20.5 Å². The number of esters is 1. The van der Waals surface area contributed by atoms with E-state index in [9.17, 15) is 4.79 Å². The first kappa shape index (κ1) is 16.4. The molecule has 0 aliphatic heterocycles. The van der Waals surface area contributed by atoms with Gasteiger partial charge in [-0.15, -0.1) is 5.10 Å². The molecule has 2 heterocycles. The summed E-state index contributed by atoms with van der Waals surface area (Å²) in [5.41, 5.74) is 2.94. The van der Waals surface area contributed by atoms with Crippen molar-refractivity contribution in [3.8, 4) is 0 Å². The van der Waals surface area contributed by atoms with E-state index in [0.29, 0.717) is 28.8 Å². The van der Waals surface area contributed by atoms with Crippen molar-refractivity contribution >= 4 is 28.6 Å². The Morgan fingerprint density at radius 1 is 1.33 bits per heavy atom. The molecule has 0 radical (unpaired) electrons. The van der Waals surface area contributed by atoms with Crippen LogP contribution in [0.3, 0.4) is 0 Å². The Hall–Kier alpha value is -2.48. The molecule has 0 fully saturated rings. The van der Waals surface area contributed by atoms with E-state index in [4.69, 9.17) is 4.74 Å². The molecule has 3 rings (SSSR count). The van der Waals surface area contributed by atoms with Crippen molar-refractivity contribution in [1.29, 1.82) is 0 Å². The number of benzene rings is 1. The smallest absolute Gasteiger partial charge is 0.340 e. The first-order valence-corrected chi connectivity index (χ1v) is 8.50. The van der Waals surface area contributed by atoms with Crippen molar-refractivity contribution in [2.75, 3.05) is 6.61 Å². The predicted octanol–water partition coefficient (Wildman–Crippen LogP) is 2.54. The standard InChI is InChI=1S/C16H17N5O2S/c1-4-23-15(22)14-10(2)11-7-5-6-8-12(11)17-13(14)9-24-16-18-19-20-21(16)3/h5-8H,4,9H2,1-3H3. The van der Waals surface area contributed by atoms with Crippen molar-refractivity contribution in [3.63, 3.8) is 0 Å². The van der Waals surface area contributed by atoms with Crippen LogP contribution in [-0.4, -0.2) is 37.8 Å². The summed E-state index contributed by atoms with van der Waals surface area (Å²) in [5, 5.41) is 13.0. The van der Waals surface area contributed by atoms with Gasteiger partial charge in [-0.3, -0.25) is 4.98 Å². The van der Waals surface area contributed by atoms with Crippen LogP contribution in [0.25, 0.3) is 10.9 Å². The summed E-state index contributed by atoms with van der Waals surface area (Å²) in [4.78, 5) is 17.1. The highest BCUT2D eigenvalue weighted by molar-refractivity contribution is 7.98. The highest BCUT2D eigenvalue weighted by Gasteiger charge is 2.20. The average Bonchev–Trinajstić information content (AvgIpc) is 2.98. The Morgan fingerprint density at radius 3 is 2.83 bits per heavy atom. The second kappa shape index (κ2) is 6.96. The van der Waals surface area contributed by atoms with Gasteiger partial charge in [-0.25, -0.2) is 9.48 Å². The zero-order chi connectivity index (χ0) is 17.1. The number of para-hydroxylation sites is 1. The van der Waals surface area contributed by atoms with Crippen LogP contribution in [0.5, 0.6) is 0 Å². The van der Waals surface area contributed by atoms with Crippen LogP contribution in [0.4, 0.5) is 0 Å². The van der Waals surface area contributed by atoms with Gasteiger partial charge in [0.05, 0.1) is 23.4 Å². The zero-order valence-corrected chi connectivity index (χ0v) is 14.5. The molecule has 0 unspecified atom stereocenters. The Balaban J connectivity index is 2.05. The summed E-state index contributed by atoms with van der Waals surface area (Å²) in [6.45, 7) is 4.04. The number of thioether (sulfide) groups is 1. The van der Waals surface area contributed by atoms with Gasteiger partial charge in [0.15, 0.2) is 0 Å². The highest BCUT2D eigenvalue weighted by Crippen LogP contribution is 2.28. The third-order valence-electron chi connectivity index (χ3n) is 3.63. The Kier molecular flexibility index (Phi) is 4.75. The second-order valence-corrected chi connectivity index (χ2v) is 6.11. The number of aromatic nitrogens is 5. The predicted molar refractivity (Wildman–Crippen MR) is 90.8 cm³/mol. The summed E-state index contributed by atoms with van der Waals surface area (Å²) in [6.07, 6.45) is 0. The minimum absolute atomic E-state index is 0.324. The number of hydrogen-bond donors (Lipinski definition) is 0. The molecule has 7 nitrogen and oxygen atoms in total. The van der Waals surface area contributed by atoms with Crippen LogP contribution in [-0.2, 0) is 17.5 Å². The van der Waals surface area contributed by atoms with Crippen molar-refractivity contribution in [1.82, 2.24) is 25.2 Å². The Labute approximate surface area is 143 Å². The van der Waals surface area contributed by atoms with E-state index in [1.165, 1.54) is 11.8 Å². The van der Waals surface area contributed by atoms with Crippen molar-refractivity contribution in [2.24, 2.45) is 7.05 Å². The number of carbonyl (C=O) groups excluding carboxylic acids is 1. The fraction of sp³-hybridized carbons (Fsp3) is 0.312. The highest BCUT2D eigenvalue weighted by atomic mass is 32.2.